The highest BCUT2D eigenvalue weighted by molar-refractivity contribution is 6.13. The summed E-state index contributed by atoms with van der Waals surface area (Å²) in [5.41, 5.74) is 0.476. The van der Waals surface area contributed by atoms with Crippen LogP contribution < -0.4 is 18.9 Å². The molecule has 340 valence electrons. The predicted molar refractivity (Wildman–Crippen MR) is 249 cm³/mol. The predicted octanol–water partition coefficient (Wildman–Crippen LogP) is 10.6. The molecule has 0 N–H and O–H groups in total. The SMILES string of the molecule is N#Cc1ccc(OC(=O)c2ccc(OC(=O)c3ccc(OC(=O)c4ccc(OCCCOCC5CCC6OC6C5)cc4)c(/C=N/N=C/c4c5ccccc5cc5ccccc45)c3)cc2F)cc1F. The molecule has 1 saturated carbocycles. The molecule has 3 unspecified atom stereocenters. The number of nitrogens with zero attached hydrogens (tertiary/aromatic N) is 3. The lowest BCUT2D eigenvalue weighted by Crippen LogP contribution is -2.19. The summed E-state index contributed by atoms with van der Waals surface area (Å²) in [4.78, 5) is 39.7. The topological polar surface area (TPSA) is 158 Å². The van der Waals surface area contributed by atoms with E-state index in [2.05, 4.69) is 16.3 Å². The van der Waals surface area contributed by atoms with Crippen LogP contribution in [0.25, 0.3) is 21.5 Å². The third-order valence-electron chi connectivity index (χ3n) is 11.6. The van der Waals surface area contributed by atoms with Gasteiger partial charge in [-0.05, 0) is 120 Å². The van der Waals surface area contributed by atoms with Crippen molar-refractivity contribution >= 4 is 51.9 Å². The molecule has 9 rings (SSSR count). The van der Waals surface area contributed by atoms with Gasteiger partial charge in [-0.3, -0.25) is 0 Å². The fraction of sp³-hybridized carbons (Fsp3) is 0.185. The molecule has 2 aliphatic rings. The quantitative estimate of drug-likeness (QED) is 0.0174. The summed E-state index contributed by atoms with van der Waals surface area (Å²) < 4.78 is 62.9. The van der Waals surface area contributed by atoms with Crippen LogP contribution in [0.4, 0.5) is 8.78 Å². The number of benzene rings is 7. The molecule has 0 spiro atoms. The van der Waals surface area contributed by atoms with Crippen molar-refractivity contribution in [2.75, 3.05) is 19.8 Å². The van der Waals surface area contributed by atoms with Crippen LogP contribution >= 0.6 is 0 Å². The summed E-state index contributed by atoms with van der Waals surface area (Å²) in [5, 5.41) is 21.6. The lowest BCUT2D eigenvalue weighted by Gasteiger charge is -2.18. The van der Waals surface area contributed by atoms with Gasteiger partial charge in [0.15, 0.2) is 0 Å². The smallest absolute Gasteiger partial charge is 0.346 e. The van der Waals surface area contributed by atoms with Gasteiger partial charge >= 0.3 is 17.9 Å². The van der Waals surface area contributed by atoms with Gasteiger partial charge in [0.1, 0.15) is 40.7 Å². The standard InChI is InChI=1S/C54H41F2N3O9/c55-47-27-41(17-13-38(47)29-57)66-54(62)45-19-18-42(28-48(45)56)65-53(61)37-14-21-49(39(26-37)30-58-59-31-46-43-8-3-1-6-35(43)25-36-7-2-4-9-44(36)46)68-52(60)34-11-15-40(16-12-34)64-23-5-22-63-32-33-10-20-50-51(24-33)67-50/h1-4,6-9,11-19,21,25-28,30-31,33,50-51H,5,10,20,22-24,32H2/b58-30+,59-31+. The van der Waals surface area contributed by atoms with Crippen molar-refractivity contribution in [3.8, 4) is 29.1 Å². The Kier molecular flexibility index (Phi) is 13.6. The Morgan fingerprint density at radius 3 is 2.04 bits per heavy atom. The van der Waals surface area contributed by atoms with E-state index in [1.165, 1.54) is 36.5 Å². The van der Waals surface area contributed by atoms with Crippen molar-refractivity contribution < 1.29 is 51.6 Å². The van der Waals surface area contributed by atoms with Gasteiger partial charge in [-0.1, -0.05) is 48.5 Å². The molecule has 14 heteroatoms. The lowest BCUT2D eigenvalue weighted by atomic mass is 9.90. The molecule has 0 amide bonds. The number of ether oxygens (including phenoxy) is 6. The first kappa shape index (κ1) is 45.1. The first-order valence-electron chi connectivity index (χ1n) is 21.9. The number of hydrogen-bond donors (Lipinski definition) is 0. The van der Waals surface area contributed by atoms with Crippen molar-refractivity contribution in [1.82, 2.24) is 0 Å². The number of esters is 3. The number of carbonyl (C=O) groups excluding carboxylic acids is 3. The number of rotatable bonds is 16. The molecular formula is C54H41F2N3O9. The van der Waals surface area contributed by atoms with E-state index >= 15 is 4.39 Å². The van der Waals surface area contributed by atoms with Crippen LogP contribution in [0.15, 0.2) is 144 Å². The number of carbonyl (C=O) groups is 3. The second-order valence-corrected chi connectivity index (χ2v) is 16.2. The van der Waals surface area contributed by atoms with E-state index in [0.29, 0.717) is 43.5 Å². The number of halogens is 2. The Hall–Kier alpha value is -8.12. The molecule has 12 nitrogen and oxygen atoms in total. The second kappa shape index (κ2) is 20.6. The molecule has 0 radical (unpaired) electrons. The van der Waals surface area contributed by atoms with Crippen LogP contribution in [0.2, 0.25) is 0 Å². The molecule has 1 heterocycles. The highest BCUT2D eigenvalue weighted by Crippen LogP contribution is 2.39. The Bertz CT molecular complexity index is 3100. The summed E-state index contributed by atoms with van der Waals surface area (Å²) in [6.45, 7) is 1.76. The summed E-state index contributed by atoms with van der Waals surface area (Å²) >= 11 is 0. The van der Waals surface area contributed by atoms with E-state index in [1.54, 1.807) is 36.5 Å². The van der Waals surface area contributed by atoms with E-state index in [4.69, 9.17) is 33.7 Å². The van der Waals surface area contributed by atoms with Gasteiger partial charge in [0.05, 0.1) is 53.5 Å². The highest BCUT2D eigenvalue weighted by atomic mass is 19.1. The number of epoxide rings is 1. The van der Waals surface area contributed by atoms with Gasteiger partial charge in [-0.25, -0.2) is 23.2 Å². The molecule has 7 aromatic carbocycles. The molecular weight excluding hydrogens is 873 g/mol. The maximum Gasteiger partial charge on any atom is 0.346 e. The molecule has 2 fully saturated rings. The van der Waals surface area contributed by atoms with Gasteiger partial charge in [-0.15, -0.1) is 0 Å². The van der Waals surface area contributed by atoms with E-state index < -0.39 is 35.1 Å². The minimum Gasteiger partial charge on any atom is -0.494 e. The van der Waals surface area contributed by atoms with Crippen LogP contribution in [0.5, 0.6) is 23.0 Å². The van der Waals surface area contributed by atoms with Gasteiger partial charge in [0.2, 0.25) is 0 Å². The van der Waals surface area contributed by atoms with E-state index in [0.717, 1.165) is 77.2 Å². The van der Waals surface area contributed by atoms with Crippen LogP contribution in [0, 0.1) is 28.9 Å². The van der Waals surface area contributed by atoms with Gasteiger partial charge in [-0.2, -0.15) is 15.5 Å². The summed E-state index contributed by atoms with van der Waals surface area (Å²) in [6.07, 6.45) is 7.90. The molecule has 7 aromatic rings. The average molecular weight is 914 g/mol. The fourth-order valence-corrected chi connectivity index (χ4v) is 8.03. The molecule has 1 aliphatic carbocycles. The zero-order valence-corrected chi connectivity index (χ0v) is 36.3. The van der Waals surface area contributed by atoms with Gasteiger partial charge in [0.25, 0.3) is 0 Å². The largest absolute Gasteiger partial charge is 0.494 e. The van der Waals surface area contributed by atoms with Crippen LogP contribution in [0.3, 0.4) is 0 Å². The molecule has 1 aliphatic heterocycles. The van der Waals surface area contributed by atoms with Crippen molar-refractivity contribution in [1.29, 1.82) is 5.26 Å². The first-order valence-corrected chi connectivity index (χ1v) is 21.9. The second-order valence-electron chi connectivity index (χ2n) is 16.2. The van der Waals surface area contributed by atoms with E-state index in [9.17, 15) is 18.8 Å². The van der Waals surface area contributed by atoms with Crippen molar-refractivity contribution in [2.24, 2.45) is 16.1 Å². The normalized spacial score (nSPS) is 16.3. The average Bonchev–Trinajstić information content (AvgIpc) is 4.13. The van der Waals surface area contributed by atoms with Crippen LogP contribution in [-0.2, 0) is 9.47 Å². The van der Waals surface area contributed by atoms with Crippen molar-refractivity contribution in [2.45, 2.75) is 37.9 Å². The third-order valence-corrected chi connectivity index (χ3v) is 11.6. The summed E-state index contributed by atoms with van der Waals surface area (Å²) in [6, 6.07) is 36.4. The minimum atomic E-state index is -1.15. The number of hydrogen-bond acceptors (Lipinski definition) is 12. The van der Waals surface area contributed by atoms with E-state index in [1.807, 2.05) is 48.5 Å². The molecule has 3 atom stereocenters. The lowest BCUT2D eigenvalue weighted by molar-refractivity contribution is 0.0721. The maximum absolute atomic E-state index is 15.2. The molecule has 0 bridgehead atoms. The zero-order chi connectivity index (χ0) is 47.0. The van der Waals surface area contributed by atoms with Gasteiger partial charge in [0, 0.05) is 42.9 Å². The molecule has 1 saturated heterocycles. The van der Waals surface area contributed by atoms with E-state index in [-0.39, 0.29) is 39.5 Å². The minimum absolute atomic E-state index is 0.0195. The highest BCUT2D eigenvalue weighted by Gasteiger charge is 2.43. The number of nitriles is 1. The van der Waals surface area contributed by atoms with Gasteiger partial charge < -0.3 is 28.4 Å². The third kappa shape index (κ3) is 10.8. The van der Waals surface area contributed by atoms with Crippen LogP contribution in [-0.4, -0.2) is 62.4 Å². The number of fused-ring (bicyclic) bond motifs is 3. The Labute approximate surface area is 389 Å². The maximum atomic E-state index is 15.2. The fourth-order valence-electron chi connectivity index (χ4n) is 8.03. The molecule has 0 aromatic heterocycles. The summed E-state index contributed by atoms with van der Waals surface area (Å²) in [5.74, 6) is -4.05. The monoisotopic (exact) mass is 913 g/mol. The zero-order valence-electron chi connectivity index (χ0n) is 36.3. The summed E-state index contributed by atoms with van der Waals surface area (Å²) in [7, 11) is 0. The van der Waals surface area contributed by atoms with Crippen LogP contribution in [0.1, 0.15) is 73.4 Å². The Morgan fingerprint density at radius 2 is 1.32 bits per heavy atom. The first-order chi connectivity index (χ1) is 33.2. The van der Waals surface area contributed by atoms with Crippen molar-refractivity contribution in [3.05, 3.63) is 178 Å². The molecule has 68 heavy (non-hydrogen) atoms. The Morgan fingerprint density at radius 1 is 0.662 bits per heavy atom. The van der Waals surface area contributed by atoms with Crippen molar-refractivity contribution in [3.63, 3.8) is 0 Å². The Balaban J connectivity index is 0.886.